The van der Waals surface area contributed by atoms with Crippen LogP contribution in [0.1, 0.15) is 43.7 Å². The second-order valence-corrected chi connectivity index (χ2v) is 5.89. The number of methoxy groups -OCH3 is 1. The summed E-state index contributed by atoms with van der Waals surface area (Å²) in [6.07, 6.45) is 7.48. The summed E-state index contributed by atoms with van der Waals surface area (Å²) in [5.74, 6) is 1.92. The fourth-order valence-electron chi connectivity index (χ4n) is 3.14. The molecule has 1 aliphatic carbocycles. The third-order valence-electron chi connectivity index (χ3n) is 4.45. The highest BCUT2D eigenvalue weighted by Gasteiger charge is 2.28. The van der Waals surface area contributed by atoms with Crippen LogP contribution in [0.25, 0.3) is 6.08 Å². The van der Waals surface area contributed by atoms with Crippen LogP contribution in [0.4, 0.5) is 0 Å². The molecular weight excluding hydrogens is 276 g/mol. The number of ether oxygens (including phenoxy) is 1. The molecule has 0 saturated heterocycles. The molecule has 3 rings (SSSR count). The van der Waals surface area contributed by atoms with Gasteiger partial charge in [-0.1, -0.05) is 25.8 Å². The Morgan fingerprint density at radius 2 is 2.14 bits per heavy atom. The highest BCUT2D eigenvalue weighted by atomic mass is 16.5. The first kappa shape index (κ1) is 14.8. The number of hydrogen-bond donors (Lipinski definition) is 1. The molecule has 4 heteroatoms. The van der Waals surface area contributed by atoms with Gasteiger partial charge in [0, 0.05) is 11.5 Å². The summed E-state index contributed by atoms with van der Waals surface area (Å²) < 4.78 is 5.39. The standard InChI is InChI=1S/C18H22N2O2/c1-3-12-8-9-16(22-2)14(10-12)11-15-18(21)20-17(19-15)13-6-4-5-7-13/h8-11,13H,3-7H2,1-2H3,(H,19,20,21)/b15-11+. The maximum Gasteiger partial charge on any atom is 0.275 e. The van der Waals surface area contributed by atoms with E-state index in [1.54, 1.807) is 7.11 Å². The maximum absolute atomic E-state index is 12.2. The smallest absolute Gasteiger partial charge is 0.275 e. The Hall–Kier alpha value is -2.10. The van der Waals surface area contributed by atoms with Crippen molar-refractivity contribution in [1.29, 1.82) is 0 Å². The minimum Gasteiger partial charge on any atom is -0.496 e. The fourth-order valence-corrected chi connectivity index (χ4v) is 3.14. The Morgan fingerprint density at radius 1 is 1.36 bits per heavy atom. The molecule has 22 heavy (non-hydrogen) atoms. The average Bonchev–Trinajstić information content (AvgIpc) is 3.17. The van der Waals surface area contributed by atoms with Crippen LogP contribution in [0, 0.1) is 5.92 Å². The molecule has 1 aromatic carbocycles. The maximum atomic E-state index is 12.2. The van der Waals surface area contributed by atoms with Crippen molar-refractivity contribution in [3.05, 3.63) is 35.0 Å². The van der Waals surface area contributed by atoms with Crippen LogP contribution in [0.3, 0.4) is 0 Å². The van der Waals surface area contributed by atoms with Crippen molar-refractivity contribution in [2.45, 2.75) is 39.0 Å². The number of carbonyl (C=O) groups excluding carboxylic acids is 1. The molecular formula is C18H22N2O2. The van der Waals surface area contributed by atoms with E-state index in [-0.39, 0.29) is 5.91 Å². The van der Waals surface area contributed by atoms with Crippen LogP contribution in [-0.4, -0.2) is 18.9 Å². The molecule has 1 saturated carbocycles. The second-order valence-electron chi connectivity index (χ2n) is 5.89. The fraction of sp³-hybridized carbons (Fsp3) is 0.444. The molecule has 4 nitrogen and oxygen atoms in total. The van der Waals surface area contributed by atoms with Gasteiger partial charge < -0.3 is 10.1 Å². The van der Waals surface area contributed by atoms with E-state index in [9.17, 15) is 4.79 Å². The summed E-state index contributed by atoms with van der Waals surface area (Å²) in [5.41, 5.74) is 2.60. The molecule has 0 unspecified atom stereocenters. The molecule has 1 aromatic rings. The number of amidine groups is 1. The number of aliphatic imine (C=N–C) groups is 1. The van der Waals surface area contributed by atoms with Gasteiger partial charge in [-0.3, -0.25) is 4.79 Å². The molecule has 1 fully saturated rings. The van der Waals surface area contributed by atoms with E-state index in [0.717, 1.165) is 36.4 Å². The second kappa shape index (κ2) is 6.34. The van der Waals surface area contributed by atoms with Gasteiger partial charge in [-0.25, -0.2) is 4.99 Å². The van der Waals surface area contributed by atoms with Crippen molar-refractivity contribution in [2.24, 2.45) is 10.9 Å². The van der Waals surface area contributed by atoms with Gasteiger partial charge in [0.1, 0.15) is 17.3 Å². The first-order valence-corrected chi connectivity index (χ1v) is 7.99. The van der Waals surface area contributed by atoms with Crippen molar-refractivity contribution in [3.8, 4) is 5.75 Å². The van der Waals surface area contributed by atoms with Crippen molar-refractivity contribution >= 4 is 17.8 Å². The number of benzene rings is 1. The average molecular weight is 298 g/mol. The lowest BCUT2D eigenvalue weighted by Crippen LogP contribution is -2.29. The van der Waals surface area contributed by atoms with Gasteiger partial charge in [-0.15, -0.1) is 0 Å². The Bertz CT molecular complexity index is 640. The zero-order valence-electron chi connectivity index (χ0n) is 13.2. The molecule has 1 amide bonds. The number of amides is 1. The lowest BCUT2D eigenvalue weighted by Gasteiger charge is -2.07. The van der Waals surface area contributed by atoms with E-state index in [2.05, 4.69) is 23.3 Å². The molecule has 1 aliphatic heterocycles. The zero-order valence-corrected chi connectivity index (χ0v) is 13.2. The molecule has 2 aliphatic rings. The van der Waals surface area contributed by atoms with Gasteiger partial charge in [-0.2, -0.15) is 0 Å². The SMILES string of the molecule is CCc1ccc(OC)c(/C=C2/N=C(C3CCCC3)NC2=O)c1. The van der Waals surface area contributed by atoms with Gasteiger partial charge in [0.2, 0.25) is 0 Å². The zero-order chi connectivity index (χ0) is 15.5. The minimum atomic E-state index is -0.106. The summed E-state index contributed by atoms with van der Waals surface area (Å²) in [6.45, 7) is 2.11. The van der Waals surface area contributed by atoms with Gasteiger partial charge in [0.15, 0.2) is 0 Å². The molecule has 116 valence electrons. The predicted molar refractivity (Wildman–Crippen MR) is 87.9 cm³/mol. The molecule has 0 radical (unpaired) electrons. The van der Waals surface area contributed by atoms with Crippen LogP contribution in [-0.2, 0) is 11.2 Å². The summed E-state index contributed by atoms with van der Waals surface area (Å²) >= 11 is 0. The largest absolute Gasteiger partial charge is 0.496 e. The number of hydrogen-bond acceptors (Lipinski definition) is 3. The Kier molecular flexibility index (Phi) is 4.27. The van der Waals surface area contributed by atoms with E-state index in [4.69, 9.17) is 4.74 Å². The molecule has 0 aromatic heterocycles. The molecule has 0 atom stereocenters. The van der Waals surface area contributed by atoms with Crippen LogP contribution < -0.4 is 10.1 Å². The van der Waals surface area contributed by atoms with E-state index < -0.39 is 0 Å². The van der Waals surface area contributed by atoms with Crippen molar-refractivity contribution in [3.63, 3.8) is 0 Å². The number of aryl methyl sites for hydroxylation is 1. The predicted octanol–water partition coefficient (Wildman–Crippen LogP) is 3.32. The molecule has 1 N–H and O–H groups in total. The normalized spacial score (nSPS) is 20.4. The lowest BCUT2D eigenvalue weighted by atomic mass is 10.1. The summed E-state index contributed by atoms with van der Waals surface area (Å²) in [7, 11) is 1.64. The number of nitrogens with one attached hydrogen (secondary N) is 1. The molecule has 0 spiro atoms. The third-order valence-corrected chi connectivity index (χ3v) is 4.45. The van der Waals surface area contributed by atoms with Crippen LogP contribution >= 0.6 is 0 Å². The molecule has 1 heterocycles. The Morgan fingerprint density at radius 3 is 2.82 bits per heavy atom. The number of rotatable bonds is 4. The van der Waals surface area contributed by atoms with Gasteiger partial charge in [0.25, 0.3) is 5.91 Å². The van der Waals surface area contributed by atoms with Gasteiger partial charge in [0.05, 0.1) is 7.11 Å². The molecule has 0 bridgehead atoms. The minimum absolute atomic E-state index is 0.106. The van der Waals surface area contributed by atoms with Crippen molar-refractivity contribution in [1.82, 2.24) is 5.32 Å². The Labute approximate surface area is 131 Å². The van der Waals surface area contributed by atoms with Crippen LogP contribution in [0.15, 0.2) is 28.9 Å². The van der Waals surface area contributed by atoms with E-state index in [1.807, 2.05) is 18.2 Å². The van der Waals surface area contributed by atoms with Gasteiger partial charge in [-0.05, 0) is 43.0 Å². The first-order valence-electron chi connectivity index (χ1n) is 7.99. The van der Waals surface area contributed by atoms with Gasteiger partial charge >= 0.3 is 0 Å². The number of nitrogens with zero attached hydrogens (tertiary/aromatic N) is 1. The van der Waals surface area contributed by atoms with Crippen LogP contribution in [0.5, 0.6) is 5.75 Å². The highest BCUT2D eigenvalue weighted by Crippen LogP contribution is 2.29. The van der Waals surface area contributed by atoms with E-state index >= 15 is 0 Å². The van der Waals surface area contributed by atoms with Crippen molar-refractivity contribution in [2.75, 3.05) is 7.11 Å². The summed E-state index contributed by atoms with van der Waals surface area (Å²) in [4.78, 5) is 16.7. The highest BCUT2D eigenvalue weighted by molar-refractivity contribution is 6.15. The monoisotopic (exact) mass is 298 g/mol. The summed E-state index contributed by atoms with van der Waals surface area (Å²) in [5, 5.41) is 2.93. The summed E-state index contributed by atoms with van der Waals surface area (Å²) in [6, 6.07) is 6.05. The van der Waals surface area contributed by atoms with E-state index in [0.29, 0.717) is 11.6 Å². The quantitative estimate of drug-likeness (QED) is 0.867. The Balaban J connectivity index is 1.92. The van der Waals surface area contributed by atoms with E-state index in [1.165, 1.54) is 18.4 Å². The van der Waals surface area contributed by atoms with Crippen molar-refractivity contribution < 1.29 is 9.53 Å². The topological polar surface area (TPSA) is 50.7 Å². The first-order chi connectivity index (χ1) is 10.7. The van der Waals surface area contributed by atoms with Crippen LogP contribution in [0.2, 0.25) is 0 Å². The third kappa shape index (κ3) is 2.91. The lowest BCUT2D eigenvalue weighted by molar-refractivity contribution is -0.115. The number of carbonyl (C=O) groups is 1.